The SMILES string of the molecule is C#CCOc1ccccc1C1CC(c2csc(N3CCCCC3)n2)=CN1. The van der Waals surface area contributed by atoms with E-state index >= 15 is 0 Å². The molecule has 1 saturated heterocycles. The Morgan fingerprint density at radius 1 is 1.27 bits per heavy atom. The van der Waals surface area contributed by atoms with E-state index in [9.17, 15) is 0 Å². The van der Waals surface area contributed by atoms with Crippen LogP contribution in [0.5, 0.6) is 5.75 Å². The van der Waals surface area contributed by atoms with Crippen LogP contribution in [0.25, 0.3) is 5.57 Å². The summed E-state index contributed by atoms with van der Waals surface area (Å²) < 4.78 is 5.70. The Morgan fingerprint density at radius 3 is 2.96 bits per heavy atom. The molecule has 0 aliphatic carbocycles. The summed E-state index contributed by atoms with van der Waals surface area (Å²) in [4.78, 5) is 7.31. The summed E-state index contributed by atoms with van der Waals surface area (Å²) in [5.41, 5.74) is 3.48. The molecule has 3 heterocycles. The molecule has 0 bridgehead atoms. The summed E-state index contributed by atoms with van der Waals surface area (Å²) in [6.07, 6.45) is 12.2. The van der Waals surface area contributed by atoms with E-state index in [1.54, 1.807) is 11.3 Å². The average Bonchev–Trinajstić information content (AvgIpc) is 3.37. The van der Waals surface area contributed by atoms with Crippen molar-refractivity contribution in [3.63, 3.8) is 0 Å². The molecule has 4 nitrogen and oxygen atoms in total. The van der Waals surface area contributed by atoms with Crippen molar-refractivity contribution in [3.05, 3.63) is 47.1 Å². The molecule has 0 saturated carbocycles. The Bertz CT molecular complexity index is 830. The van der Waals surface area contributed by atoms with E-state index in [2.05, 4.69) is 33.8 Å². The highest BCUT2D eigenvalue weighted by Gasteiger charge is 2.24. The third-order valence-corrected chi connectivity index (χ3v) is 5.84. The summed E-state index contributed by atoms with van der Waals surface area (Å²) in [6.45, 7) is 2.55. The molecule has 2 aliphatic rings. The summed E-state index contributed by atoms with van der Waals surface area (Å²) in [5, 5.41) is 6.82. The first kappa shape index (κ1) is 17.0. The van der Waals surface area contributed by atoms with Crippen LogP contribution in [0, 0.1) is 12.3 Å². The van der Waals surface area contributed by atoms with Crippen LogP contribution in [0.1, 0.15) is 43.0 Å². The third-order valence-electron chi connectivity index (χ3n) is 4.94. The molecule has 26 heavy (non-hydrogen) atoms. The van der Waals surface area contributed by atoms with Gasteiger partial charge in [0.2, 0.25) is 0 Å². The minimum Gasteiger partial charge on any atom is -0.481 e. The van der Waals surface area contributed by atoms with Crippen LogP contribution in [-0.2, 0) is 0 Å². The number of piperidine rings is 1. The van der Waals surface area contributed by atoms with E-state index in [1.165, 1.54) is 24.8 Å². The van der Waals surface area contributed by atoms with Gasteiger partial charge in [-0.05, 0) is 30.9 Å². The Balaban J connectivity index is 1.46. The first-order chi connectivity index (χ1) is 12.8. The fourth-order valence-corrected chi connectivity index (χ4v) is 4.48. The molecule has 0 amide bonds. The second-order valence-electron chi connectivity index (χ2n) is 6.69. The van der Waals surface area contributed by atoms with E-state index in [4.69, 9.17) is 16.1 Å². The number of rotatable bonds is 5. The molecule has 1 N–H and O–H groups in total. The van der Waals surface area contributed by atoms with E-state index in [1.807, 2.05) is 18.2 Å². The van der Waals surface area contributed by atoms with Crippen molar-refractivity contribution in [2.75, 3.05) is 24.6 Å². The van der Waals surface area contributed by atoms with Gasteiger partial charge in [-0.1, -0.05) is 24.1 Å². The largest absolute Gasteiger partial charge is 0.481 e. The van der Waals surface area contributed by atoms with Crippen molar-refractivity contribution >= 4 is 22.0 Å². The number of hydrogen-bond donors (Lipinski definition) is 1. The summed E-state index contributed by atoms with van der Waals surface area (Å²) in [6, 6.07) is 8.28. The molecule has 1 aromatic heterocycles. The van der Waals surface area contributed by atoms with E-state index in [0.717, 1.165) is 41.6 Å². The minimum absolute atomic E-state index is 0.194. The standard InChI is InChI=1S/C21H23N3OS/c1-2-12-25-20-9-5-4-8-17(20)18-13-16(14-22-18)19-15-26-21(23-19)24-10-6-3-7-11-24/h1,4-5,8-9,14-15,18,22H,3,6-7,10-13H2. The van der Waals surface area contributed by atoms with E-state index < -0.39 is 0 Å². The van der Waals surface area contributed by atoms with E-state index in [-0.39, 0.29) is 12.6 Å². The lowest BCUT2D eigenvalue weighted by Crippen LogP contribution is -2.29. The summed E-state index contributed by atoms with van der Waals surface area (Å²) in [7, 11) is 0. The van der Waals surface area contributed by atoms with Crippen LogP contribution >= 0.6 is 11.3 Å². The number of thiazole rings is 1. The minimum atomic E-state index is 0.194. The number of anilines is 1. The number of nitrogens with one attached hydrogen (secondary N) is 1. The Hall–Kier alpha value is -2.45. The predicted octanol–water partition coefficient (Wildman–Crippen LogP) is 4.22. The first-order valence-corrected chi connectivity index (χ1v) is 10.0. The zero-order valence-corrected chi connectivity index (χ0v) is 15.6. The summed E-state index contributed by atoms with van der Waals surface area (Å²) >= 11 is 1.75. The third kappa shape index (κ3) is 3.56. The Labute approximate surface area is 158 Å². The smallest absolute Gasteiger partial charge is 0.185 e. The zero-order valence-electron chi connectivity index (χ0n) is 14.8. The molecule has 1 fully saturated rings. The summed E-state index contributed by atoms with van der Waals surface area (Å²) in [5.74, 6) is 3.39. The highest BCUT2D eigenvalue weighted by atomic mass is 32.1. The maximum absolute atomic E-state index is 5.70. The number of nitrogens with zero attached hydrogens (tertiary/aromatic N) is 2. The normalized spacial score (nSPS) is 19.6. The number of ether oxygens (including phenoxy) is 1. The Morgan fingerprint density at radius 2 is 2.12 bits per heavy atom. The van der Waals surface area contributed by atoms with Gasteiger partial charge in [0.15, 0.2) is 5.13 Å². The van der Waals surface area contributed by atoms with E-state index in [0.29, 0.717) is 0 Å². The van der Waals surface area contributed by atoms with Crippen molar-refractivity contribution in [3.8, 4) is 18.1 Å². The van der Waals surface area contributed by atoms with Crippen LogP contribution in [0.3, 0.4) is 0 Å². The molecule has 1 unspecified atom stereocenters. The van der Waals surface area contributed by atoms with Crippen LogP contribution in [0.4, 0.5) is 5.13 Å². The molecular formula is C21H23N3OS. The Kier molecular flexibility index (Phi) is 5.12. The second-order valence-corrected chi connectivity index (χ2v) is 7.52. The molecule has 134 valence electrons. The highest BCUT2D eigenvalue weighted by Crippen LogP contribution is 2.37. The lowest BCUT2D eigenvalue weighted by Gasteiger charge is -2.25. The van der Waals surface area contributed by atoms with Crippen LogP contribution < -0.4 is 15.0 Å². The number of terminal acetylenes is 1. The van der Waals surface area contributed by atoms with Crippen molar-refractivity contribution in [1.29, 1.82) is 0 Å². The molecule has 0 radical (unpaired) electrons. The van der Waals surface area contributed by atoms with Crippen LogP contribution in [-0.4, -0.2) is 24.7 Å². The topological polar surface area (TPSA) is 37.4 Å². The van der Waals surface area contributed by atoms with Crippen molar-refractivity contribution in [2.45, 2.75) is 31.7 Å². The molecule has 4 rings (SSSR count). The van der Waals surface area contributed by atoms with Gasteiger partial charge in [-0.25, -0.2) is 4.98 Å². The van der Waals surface area contributed by atoms with Gasteiger partial charge in [0, 0.05) is 36.7 Å². The molecular weight excluding hydrogens is 342 g/mol. The van der Waals surface area contributed by atoms with Crippen LogP contribution in [0.2, 0.25) is 0 Å². The fourth-order valence-electron chi connectivity index (χ4n) is 3.58. The van der Waals surface area contributed by atoms with Gasteiger partial charge in [-0.15, -0.1) is 17.8 Å². The average molecular weight is 366 g/mol. The van der Waals surface area contributed by atoms with Gasteiger partial charge < -0.3 is 15.0 Å². The molecule has 2 aliphatic heterocycles. The molecule has 1 atom stereocenters. The van der Waals surface area contributed by atoms with Crippen molar-refractivity contribution < 1.29 is 4.74 Å². The van der Waals surface area contributed by atoms with Gasteiger partial charge in [0.05, 0.1) is 11.7 Å². The molecule has 5 heteroatoms. The van der Waals surface area contributed by atoms with Gasteiger partial charge in [-0.3, -0.25) is 0 Å². The first-order valence-electron chi connectivity index (χ1n) is 9.16. The zero-order chi connectivity index (χ0) is 17.8. The maximum Gasteiger partial charge on any atom is 0.185 e. The molecule has 0 spiro atoms. The van der Waals surface area contributed by atoms with Crippen molar-refractivity contribution in [1.82, 2.24) is 10.3 Å². The monoisotopic (exact) mass is 365 g/mol. The second kappa shape index (κ2) is 7.84. The lowest BCUT2D eigenvalue weighted by atomic mass is 10.0. The predicted molar refractivity (Wildman–Crippen MR) is 107 cm³/mol. The lowest BCUT2D eigenvalue weighted by molar-refractivity contribution is 0.362. The van der Waals surface area contributed by atoms with Crippen molar-refractivity contribution in [2.24, 2.45) is 0 Å². The highest BCUT2D eigenvalue weighted by molar-refractivity contribution is 7.13. The maximum atomic E-state index is 5.70. The number of hydrogen-bond acceptors (Lipinski definition) is 5. The number of para-hydroxylation sites is 1. The molecule has 2 aromatic rings. The fraction of sp³-hybridized carbons (Fsp3) is 0.381. The van der Waals surface area contributed by atoms with Gasteiger partial charge in [0.25, 0.3) is 0 Å². The van der Waals surface area contributed by atoms with Gasteiger partial charge in [-0.2, -0.15) is 0 Å². The van der Waals surface area contributed by atoms with Crippen LogP contribution in [0.15, 0.2) is 35.8 Å². The number of aromatic nitrogens is 1. The van der Waals surface area contributed by atoms with Gasteiger partial charge in [0.1, 0.15) is 12.4 Å². The van der Waals surface area contributed by atoms with Gasteiger partial charge >= 0.3 is 0 Å². The molecule has 1 aromatic carbocycles. The number of benzene rings is 1. The quantitative estimate of drug-likeness (QED) is 0.805.